The fraction of sp³-hybridized carbons (Fsp3) is 0.375. The Labute approximate surface area is 230 Å². The van der Waals surface area contributed by atoms with Crippen LogP contribution in [0.4, 0.5) is 4.39 Å². The van der Waals surface area contributed by atoms with Crippen LogP contribution in [0.25, 0.3) is 6.08 Å². The number of aromatic nitrogens is 1. The van der Waals surface area contributed by atoms with Gasteiger partial charge in [-0.1, -0.05) is 30.3 Å². The van der Waals surface area contributed by atoms with Crippen LogP contribution >= 0.6 is 0 Å². The second-order valence-electron chi connectivity index (χ2n) is 10.5. The van der Waals surface area contributed by atoms with Crippen LogP contribution in [0.15, 0.2) is 79.1 Å². The van der Waals surface area contributed by atoms with E-state index in [9.17, 15) is 9.18 Å². The van der Waals surface area contributed by atoms with E-state index in [0.717, 1.165) is 64.4 Å². The molecule has 1 amide bonds. The summed E-state index contributed by atoms with van der Waals surface area (Å²) in [5.74, 6) is 0.830. The van der Waals surface area contributed by atoms with E-state index in [4.69, 9.17) is 4.74 Å². The van der Waals surface area contributed by atoms with Crippen LogP contribution in [-0.2, 0) is 17.9 Å². The fourth-order valence-corrected chi connectivity index (χ4v) is 5.30. The molecule has 0 N–H and O–H groups in total. The van der Waals surface area contributed by atoms with Gasteiger partial charge >= 0.3 is 0 Å². The topological polar surface area (TPSA) is 48.9 Å². The summed E-state index contributed by atoms with van der Waals surface area (Å²) in [6, 6.07) is 18.8. The van der Waals surface area contributed by atoms with Gasteiger partial charge in [0.25, 0.3) is 0 Å². The van der Waals surface area contributed by atoms with Gasteiger partial charge in [-0.2, -0.15) is 0 Å². The van der Waals surface area contributed by atoms with Gasteiger partial charge in [-0.15, -0.1) is 0 Å². The Kier molecular flexibility index (Phi) is 9.35. The predicted octanol–water partition coefficient (Wildman–Crippen LogP) is 4.87. The van der Waals surface area contributed by atoms with Crippen LogP contribution in [0.3, 0.4) is 0 Å². The number of hydrogen-bond donors (Lipinski definition) is 0. The number of carbonyl (C=O) groups is 1. The summed E-state index contributed by atoms with van der Waals surface area (Å²) in [5, 5.41) is 0. The molecule has 3 heterocycles. The van der Waals surface area contributed by atoms with Crippen LogP contribution in [0.2, 0.25) is 0 Å². The lowest BCUT2D eigenvalue weighted by Gasteiger charge is -2.34. The van der Waals surface area contributed by atoms with E-state index < -0.39 is 0 Å². The maximum absolute atomic E-state index is 13.4. The van der Waals surface area contributed by atoms with Crippen molar-refractivity contribution >= 4 is 12.0 Å². The Balaban J connectivity index is 1.03. The Morgan fingerprint density at radius 2 is 1.72 bits per heavy atom. The molecule has 0 spiro atoms. The third-order valence-corrected chi connectivity index (χ3v) is 7.51. The molecule has 2 saturated heterocycles. The van der Waals surface area contributed by atoms with E-state index >= 15 is 0 Å². The second kappa shape index (κ2) is 13.5. The van der Waals surface area contributed by atoms with Crippen molar-refractivity contribution < 1.29 is 13.9 Å². The summed E-state index contributed by atoms with van der Waals surface area (Å²) in [6.45, 7) is 8.19. The molecule has 204 valence electrons. The van der Waals surface area contributed by atoms with Crippen molar-refractivity contribution in [3.05, 3.63) is 102 Å². The van der Waals surface area contributed by atoms with Gasteiger partial charge in [0.15, 0.2) is 0 Å². The monoisotopic (exact) mass is 528 g/mol. The number of piperidine rings is 1. The maximum Gasteiger partial charge on any atom is 0.246 e. The minimum absolute atomic E-state index is 0.0359. The lowest BCUT2D eigenvalue weighted by atomic mass is 9.99. The number of amides is 1. The number of likely N-dealkylation sites (tertiary alicyclic amines) is 1. The van der Waals surface area contributed by atoms with Gasteiger partial charge in [-0.3, -0.25) is 19.6 Å². The lowest BCUT2D eigenvalue weighted by Crippen LogP contribution is -2.45. The van der Waals surface area contributed by atoms with Crippen LogP contribution in [0.1, 0.15) is 29.5 Å². The molecule has 1 unspecified atom stereocenters. The number of benzene rings is 2. The number of carbonyl (C=O) groups excluding carboxylic acids is 1. The second-order valence-corrected chi connectivity index (χ2v) is 10.5. The molecular weight excluding hydrogens is 491 g/mol. The molecule has 5 rings (SSSR count). The summed E-state index contributed by atoms with van der Waals surface area (Å²) >= 11 is 0. The molecule has 2 aliphatic rings. The number of ether oxygens (including phenoxy) is 1. The third-order valence-electron chi connectivity index (χ3n) is 7.51. The summed E-state index contributed by atoms with van der Waals surface area (Å²) in [7, 11) is 0. The van der Waals surface area contributed by atoms with E-state index in [1.807, 2.05) is 23.4 Å². The average Bonchev–Trinajstić information content (AvgIpc) is 2.97. The molecule has 7 heteroatoms. The van der Waals surface area contributed by atoms with Gasteiger partial charge in [-0.25, -0.2) is 4.39 Å². The first-order valence-corrected chi connectivity index (χ1v) is 13.9. The molecule has 2 aromatic carbocycles. The largest absolute Gasteiger partial charge is 0.493 e. The van der Waals surface area contributed by atoms with Gasteiger partial charge in [-0.05, 0) is 65.9 Å². The van der Waals surface area contributed by atoms with Crippen molar-refractivity contribution in [2.24, 2.45) is 5.92 Å². The SMILES string of the molecule is O=C(C=Cc1cccc(F)c1)N1CCCC(COc2ccc(CN3CCN(Cc4cccnc4)CC3)cc2)C1. The normalized spacial score (nSPS) is 18.9. The Morgan fingerprint density at radius 3 is 2.44 bits per heavy atom. The predicted molar refractivity (Wildman–Crippen MR) is 151 cm³/mol. The highest BCUT2D eigenvalue weighted by molar-refractivity contribution is 5.91. The Hall–Kier alpha value is -3.55. The molecular formula is C32H37FN4O2. The molecule has 0 aliphatic carbocycles. The maximum atomic E-state index is 13.4. The first kappa shape index (κ1) is 27.0. The van der Waals surface area contributed by atoms with Gasteiger partial charge in [0, 0.05) is 76.7 Å². The molecule has 0 radical (unpaired) electrons. The molecule has 0 saturated carbocycles. The van der Waals surface area contributed by atoms with Gasteiger partial charge in [0.05, 0.1) is 6.61 Å². The van der Waals surface area contributed by atoms with E-state index in [-0.39, 0.29) is 11.7 Å². The number of pyridine rings is 1. The average molecular weight is 529 g/mol. The summed E-state index contributed by atoms with van der Waals surface area (Å²) < 4.78 is 19.5. The van der Waals surface area contributed by atoms with E-state index in [2.05, 4.69) is 45.1 Å². The van der Waals surface area contributed by atoms with E-state index in [1.165, 1.54) is 29.3 Å². The van der Waals surface area contributed by atoms with Gasteiger partial charge < -0.3 is 9.64 Å². The highest BCUT2D eigenvalue weighted by Crippen LogP contribution is 2.21. The lowest BCUT2D eigenvalue weighted by molar-refractivity contribution is -0.127. The zero-order valence-corrected chi connectivity index (χ0v) is 22.4. The number of halogens is 1. The summed E-state index contributed by atoms with van der Waals surface area (Å²) in [5.41, 5.74) is 3.25. The van der Waals surface area contributed by atoms with Crippen LogP contribution in [0.5, 0.6) is 5.75 Å². The molecule has 0 bridgehead atoms. The van der Waals surface area contributed by atoms with Crippen molar-refractivity contribution in [3.63, 3.8) is 0 Å². The third kappa shape index (κ3) is 8.22. The fourth-order valence-electron chi connectivity index (χ4n) is 5.30. The summed E-state index contributed by atoms with van der Waals surface area (Å²) in [4.78, 5) is 23.8. The van der Waals surface area contributed by atoms with Crippen LogP contribution < -0.4 is 4.74 Å². The quantitative estimate of drug-likeness (QED) is 0.371. The minimum Gasteiger partial charge on any atom is -0.493 e. The summed E-state index contributed by atoms with van der Waals surface area (Å²) in [6.07, 6.45) is 8.99. The molecule has 39 heavy (non-hydrogen) atoms. The molecule has 6 nitrogen and oxygen atoms in total. The first-order chi connectivity index (χ1) is 19.1. The standard InChI is InChI=1S/C32H37FN4O2/c33-30-7-1-4-26(20-30)10-13-32(38)37-15-3-6-29(24-37)25-39-31-11-8-27(9-12-31)22-35-16-18-36(19-17-35)23-28-5-2-14-34-21-28/h1-2,4-5,7-14,20-21,29H,3,6,15-19,22-25H2. The molecule has 3 aromatic rings. The molecule has 1 aromatic heterocycles. The van der Waals surface area contributed by atoms with Crippen molar-refractivity contribution in [1.29, 1.82) is 0 Å². The van der Waals surface area contributed by atoms with Crippen LogP contribution in [-0.4, -0.2) is 71.5 Å². The number of hydrogen-bond acceptors (Lipinski definition) is 5. The van der Waals surface area contributed by atoms with E-state index in [0.29, 0.717) is 24.6 Å². The van der Waals surface area contributed by atoms with Gasteiger partial charge in [0.2, 0.25) is 5.91 Å². The van der Waals surface area contributed by atoms with Crippen LogP contribution in [0, 0.1) is 11.7 Å². The number of nitrogens with zero attached hydrogens (tertiary/aromatic N) is 4. The zero-order valence-electron chi connectivity index (χ0n) is 22.4. The minimum atomic E-state index is -0.302. The highest BCUT2D eigenvalue weighted by atomic mass is 19.1. The molecule has 2 aliphatic heterocycles. The molecule has 1 atom stereocenters. The number of rotatable bonds is 9. The van der Waals surface area contributed by atoms with Gasteiger partial charge in [0.1, 0.15) is 11.6 Å². The van der Waals surface area contributed by atoms with Crippen molar-refractivity contribution in [2.45, 2.75) is 25.9 Å². The zero-order chi connectivity index (χ0) is 26.9. The number of piperazine rings is 1. The molecule has 2 fully saturated rings. The first-order valence-electron chi connectivity index (χ1n) is 13.9. The highest BCUT2D eigenvalue weighted by Gasteiger charge is 2.23. The van der Waals surface area contributed by atoms with Crippen molar-refractivity contribution in [3.8, 4) is 5.75 Å². The smallest absolute Gasteiger partial charge is 0.246 e. The Morgan fingerprint density at radius 1 is 0.949 bits per heavy atom. The van der Waals surface area contributed by atoms with E-state index in [1.54, 1.807) is 18.2 Å². The van der Waals surface area contributed by atoms with Crippen molar-refractivity contribution in [1.82, 2.24) is 19.7 Å². The van der Waals surface area contributed by atoms with Crippen molar-refractivity contribution in [2.75, 3.05) is 45.9 Å². The Bertz CT molecular complexity index is 1230.